The van der Waals surface area contributed by atoms with Crippen LogP contribution in [0.25, 0.3) is 0 Å². The molecule has 0 nitrogen and oxygen atoms in total. The molecule has 2 rings (SSSR count). The SMILES string of the molecule is CC(CCl)(Cc1cc(F)cc(Br)c1)C1CC1. The molecule has 1 aromatic rings. The molecule has 0 bridgehead atoms. The predicted octanol–water partition coefficient (Wildman–Crippen LogP) is 4.79. The van der Waals surface area contributed by atoms with E-state index in [0.717, 1.165) is 16.5 Å². The molecule has 1 saturated carbocycles. The molecular formula is C13H15BrClF. The Kier molecular flexibility index (Phi) is 3.60. The summed E-state index contributed by atoms with van der Waals surface area (Å²) in [7, 11) is 0. The van der Waals surface area contributed by atoms with Crippen LogP contribution in [-0.4, -0.2) is 5.88 Å². The van der Waals surface area contributed by atoms with Crippen molar-refractivity contribution in [3.63, 3.8) is 0 Å². The molecule has 1 aliphatic rings. The maximum Gasteiger partial charge on any atom is 0.124 e. The van der Waals surface area contributed by atoms with E-state index in [0.29, 0.717) is 11.8 Å². The Balaban J connectivity index is 2.18. The molecule has 1 aliphatic carbocycles. The second-order valence-electron chi connectivity index (χ2n) is 5.02. The zero-order valence-electron chi connectivity index (χ0n) is 9.27. The highest BCUT2D eigenvalue weighted by molar-refractivity contribution is 9.10. The van der Waals surface area contributed by atoms with Crippen LogP contribution in [0.15, 0.2) is 22.7 Å². The van der Waals surface area contributed by atoms with Gasteiger partial charge in [-0.15, -0.1) is 11.6 Å². The fraction of sp³-hybridized carbons (Fsp3) is 0.538. The van der Waals surface area contributed by atoms with E-state index in [4.69, 9.17) is 11.6 Å². The third kappa shape index (κ3) is 2.78. The number of hydrogen-bond acceptors (Lipinski definition) is 0. The van der Waals surface area contributed by atoms with Gasteiger partial charge in [0.1, 0.15) is 5.82 Å². The van der Waals surface area contributed by atoms with Crippen LogP contribution < -0.4 is 0 Å². The third-order valence-corrected chi connectivity index (χ3v) is 4.47. The van der Waals surface area contributed by atoms with Gasteiger partial charge in [-0.3, -0.25) is 0 Å². The van der Waals surface area contributed by atoms with Gasteiger partial charge in [-0.25, -0.2) is 4.39 Å². The van der Waals surface area contributed by atoms with Crippen molar-refractivity contribution in [3.8, 4) is 0 Å². The van der Waals surface area contributed by atoms with Crippen LogP contribution in [0, 0.1) is 17.2 Å². The molecule has 16 heavy (non-hydrogen) atoms. The molecule has 1 fully saturated rings. The lowest BCUT2D eigenvalue weighted by atomic mass is 9.81. The molecule has 0 aliphatic heterocycles. The lowest BCUT2D eigenvalue weighted by Gasteiger charge is -2.27. The van der Waals surface area contributed by atoms with Crippen LogP contribution in [0.1, 0.15) is 25.3 Å². The average Bonchev–Trinajstić information content (AvgIpc) is 2.98. The second-order valence-corrected chi connectivity index (χ2v) is 6.20. The smallest absolute Gasteiger partial charge is 0.124 e. The van der Waals surface area contributed by atoms with Crippen molar-refractivity contribution in [1.29, 1.82) is 0 Å². The Morgan fingerprint density at radius 3 is 2.62 bits per heavy atom. The summed E-state index contributed by atoms with van der Waals surface area (Å²) in [6.07, 6.45) is 3.39. The van der Waals surface area contributed by atoms with Crippen LogP contribution in [0.3, 0.4) is 0 Å². The van der Waals surface area contributed by atoms with E-state index >= 15 is 0 Å². The van der Waals surface area contributed by atoms with Crippen LogP contribution >= 0.6 is 27.5 Å². The summed E-state index contributed by atoms with van der Waals surface area (Å²) in [5, 5.41) is 0. The molecule has 0 saturated heterocycles. The minimum absolute atomic E-state index is 0.120. The quantitative estimate of drug-likeness (QED) is 0.702. The Bertz CT molecular complexity index is 369. The number of hydrogen-bond donors (Lipinski definition) is 0. The summed E-state index contributed by atoms with van der Waals surface area (Å²) in [6, 6.07) is 5.08. The standard InChI is InChI=1S/C13H15BrClF/c1-13(8-15,10-2-3-10)7-9-4-11(14)6-12(16)5-9/h4-6,10H,2-3,7-8H2,1H3. The first kappa shape index (κ1) is 12.4. The summed E-state index contributed by atoms with van der Waals surface area (Å²) in [5.41, 5.74) is 1.15. The van der Waals surface area contributed by atoms with E-state index in [9.17, 15) is 4.39 Å². The van der Waals surface area contributed by atoms with Gasteiger partial charge >= 0.3 is 0 Å². The Morgan fingerprint density at radius 2 is 2.12 bits per heavy atom. The predicted molar refractivity (Wildman–Crippen MR) is 69.4 cm³/mol. The largest absolute Gasteiger partial charge is 0.207 e. The Morgan fingerprint density at radius 1 is 1.44 bits per heavy atom. The molecule has 0 N–H and O–H groups in total. The topological polar surface area (TPSA) is 0 Å². The van der Waals surface area contributed by atoms with E-state index in [1.807, 2.05) is 6.07 Å². The van der Waals surface area contributed by atoms with E-state index < -0.39 is 0 Å². The van der Waals surface area contributed by atoms with Crippen molar-refractivity contribution in [2.75, 3.05) is 5.88 Å². The summed E-state index contributed by atoms with van der Waals surface area (Å²) >= 11 is 9.39. The Hall–Kier alpha value is -0.0800. The molecule has 0 aromatic heterocycles. The molecule has 0 radical (unpaired) electrons. The average molecular weight is 306 g/mol. The van der Waals surface area contributed by atoms with Gasteiger partial charge in [0.05, 0.1) is 0 Å². The fourth-order valence-electron chi connectivity index (χ4n) is 2.26. The summed E-state index contributed by atoms with van der Waals surface area (Å²) < 4.78 is 14.1. The van der Waals surface area contributed by atoms with Gasteiger partial charge in [-0.1, -0.05) is 22.9 Å². The van der Waals surface area contributed by atoms with Crippen LogP contribution in [0.4, 0.5) is 4.39 Å². The van der Waals surface area contributed by atoms with Gasteiger partial charge < -0.3 is 0 Å². The van der Waals surface area contributed by atoms with Gasteiger partial charge in [-0.2, -0.15) is 0 Å². The van der Waals surface area contributed by atoms with Crippen molar-refractivity contribution in [1.82, 2.24) is 0 Å². The van der Waals surface area contributed by atoms with E-state index in [1.165, 1.54) is 18.9 Å². The van der Waals surface area contributed by atoms with Gasteiger partial charge in [0.15, 0.2) is 0 Å². The highest BCUT2D eigenvalue weighted by Crippen LogP contribution is 2.48. The molecule has 0 heterocycles. The van der Waals surface area contributed by atoms with Crippen LogP contribution in [-0.2, 0) is 6.42 Å². The maximum absolute atomic E-state index is 13.3. The molecule has 88 valence electrons. The summed E-state index contributed by atoms with van der Waals surface area (Å²) in [6.45, 7) is 2.20. The molecule has 1 unspecified atom stereocenters. The number of halogens is 3. The number of benzene rings is 1. The van der Waals surface area contributed by atoms with Crippen molar-refractivity contribution >= 4 is 27.5 Å². The highest BCUT2D eigenvalue weighted by atomic mass is 79.9. The van der Waals surface area contributed by atoms with Crippen molar-refractivity contribution in [3.05, 3.63) is 34.1 Å². The van der Waals surface area contributed by atoms with E-state index in [2.05, 4.69) is 22.9 Å². The summed E-state index contributed by atoms with van der Waals surface area (Å²) in [4.78, 5) is 0. The second kappa shape index (κ2) is 4.66. The maximum atomic E-state index is 13.3. The first-order valence-electron chi connectivity index (χ1n) is 5.54. The van der Waals surface area contributed by atoms with Gasteiger partial charge in [0.2, 0.25) is 0 Å². The number of rotatable bonds is 4. The third-order valence-electron chi connectivity index (χ3n) is 3.40. The van der Waals surface area contributed by atoms with Crippen molar-refractivity contribution < 1.29 is 4.39 Å². The zero-order chi connectivity index (χ0) is 11.8. The lowest BCUT2D eigenvalue weighted by Crippen LogP contribution is -2.24. The molecule has 0 amide bonds. The Labute approximate surface area is 109 Å². The molecular weight excluding hydrogens is 290 g/mol. The monoisotopic (exact) mass is 304 g/mol. The normalized spacial score (nSPS) is 19.5. The van der Waals surface area contributed by atoms with Gasteiger partial charge in [0, 0.05) is 10.4 Å². The van der Waals surface area contributed by atoms with Gasteiger partial charge in [0.25, 0.3) is 0 Å². The molecule has 1 aromatic carbocycles. The summed E-state index contributed by atoms with van der Waals surface area (Å²) in [5.74, 6) is 1.18. The molecule has 3 heteroatoms. The number of alkyl halides is 1. The highest BCUT2D eigenvalue weighted by Gasteiger charge is 2.40. The van der Waals surface area contributed by atoms with Gasteiger partial charge in [-0.05, 0) is 54.4 Å². The lowest BCUT2D eigenvalue weighted by molar-refractivity contribution is 0.313. The van der Waals surface area contributed by atoms with E-state index in [1.54, 1.807) is 6.07 Å². The first-order chi connectivity index (χ1) is 7.53. The zero-order valence-corrected chi connectivity index (χ0v) is 11.6. The first-order valence-corrected chi connectivity index (χ1v) is 6.87. The molecule has 1 atom stereocenters. The fourth-order valence-corrected chi connectivity index (χ4v) is 3.09. The minimum Gasteiger partial charge on any atom is -0.207 e. The van der Waals surface area contributed by atoms with Crippen LogP contribution in [0.5, 0.6) is 0 Å². The van der Waals surface area contributed by atoms with Crippen molar-refractivity contribution in [2.24, 2.45) is 11.3 Å². The minimum atomic E-state index is -0.183. The molecule has 0 spiro atoms. The van der Waals surface area contributed by atoms with E-state index in [-0.39, 0.29) is 11.2 Å². The van der Waals surface area contributed by atoms with Crippen molar-refractivity contribution in [2.45, 2.75) is 26.2 Å². The van der Waals surface area contributed by atoms with Crippen LogP contribution in [0.2, 0.25) is 0 Å².